The molecule has 0 amide bonds. The summed E-state index contributed by atoms with van der Waals surface area (Å²) in [6.07, 6.45) is 0. The molecule has 3 nitrogen and oxygen atoms in total. The SMILES string of the molecule is Cc1cc([N+](=O)[O-])ccc1C(C(C)C)C(C)Cl. The van der Waals surface area contributed by atoms with Crippen molar-refractivity contribution in [2.24, 2.45) is 5.92 Å². The van der Waals surface area contributed by atoms with Crippen LogP contribution in [0.2, 0.25) is 0 Å². The third kappa shape index (κ3) is 3.19. The van der Waals surface area contributed by atoms with Crippen LogP contribution in [0, 0.1) is 23.0 Å². The second kappa shape index (κ2) is 5.50. The zero-order valence-corrected chi connectivity index (χ0v) is 11.4. The summed E-state index contributed by atoms with van der Waals surface area (Å²) in [6, 6.07) is 5.00. The van der Waals surface area contributed by atoms with Gasteiger partial charge in [0.05, 0.1) is 4.92 Å². The number of halogens is 1. The molecule has 0 aliphatic heterocycles. The highest BCUT2D eigenvalue weighted by Gasteiger charge is 2.23. The molecule has 4 heteroatoms. The maximum atomic E-state index is 10.7. The molecule has 0 bridgehead atoms. The van der Waals surface area contributed by atoms with E-state index < -0.39 is 0 Å². The Hall–Kier alpha value is -1.09. The molecule has 0 fully saturated rings. The van der Waals surface area contributed by atoms with Gasteiger partial charge in [-0.3, -0.25) is 10.1 Å². The van der Waals surface area contributed by atoms with Crippen LogP contribution in [0.4, 0.5) is 5.69 Å². The largest absolute Gasteiger partial charge is 0.269 e. The van der Waals surface area contributed by atoms with Gasteiger partial charge in [-0.25, -0.2) is 0 Å². The molecule has 0 aliphatic carbocycles. The topological polar surface area (TPSA) is 43.1 Å². The Labute approximate surface area is 107 Å². The first-order chi connectivity index (χ1) is 7.84. The van der Waals surface area contributed by atoms with E-state index in [1.807, 2.05) is 19.9 Å². The molecule has 0 aliphatic rings. The Morgan fingerprint density at radius 1 is 1.29 bits per heavy atom. The van der Waals surface area contributed by atoms with Crippen LogP contribution in [0.25, 0.3) is 0 Å². The van der Waals surface area contributed by atoms with Gasteiger partial charge in [0.2, 0.25) is 0 Å². The molecule has 0 spiro atoms. The van der Waals surface area contributed by atoms with E-state index in [0.717, 1.165) is 11.1 Å². The van der Waals surface area contributed by atoms with Crippen LogP contribution in [0.3, 0.4) is 0 Å². The predicted molar refractivity (Wildman–Crippen MR) is 70.7 cm³/mol. The highest BCUT2D eigenvalue weighted by molar-refractivity contribution is 6.20. The summed E-state index contributed by atoms with van der Waals surface area (Å²) in [5.74, 6) is 0.625. The molecule has 0 radical (unpaired) electrons. The monoisotopic (exact) mass is 255 g/mol. The van der Waals surface area contributed by atoms with Gasteiger partial charge in [0.25, 0.3) is 5.69 Å². The predicted octanol–water partition coefficient (Wildman–Crippen LogP) is 4.27. The normalized spacial score (nSPS) is 14.7. The maximum absolute atomic E-state index is 10.7. The van der Waals surface area contributed by atoms with E-state index in [1.54, 1.807) is 12.1 Å². The van der Waals surface area contributed by atoms with Crippen LogP contribution in [-0.4, -0.2) is 10.3 Å². The maximum Gasteiger partial charge on any atom is 0.269 e. The van der Waals surface area contributed by atoms with Crippen LogP contribution >= 0.6 is 11.6 Å². The number of alkyl halides is 1. The van der Waals surface area contributed by atoms with E-state index in [9.17, 15) is 10.1 Å². The van der Waals surface area contributed by atoms with Gasteiger partial charge in [0.15, 0.2) is 0 Å². The lowest BCUT2D eigenvalue weighted by Crippen LogP contribution is -2.17. The van der Waals surface area contributed by atoms with Gasteiger partial charge >= 0.3 is 0 Å². The minimum Gasteiger partial charge on any atom is -0.258 e. The fraction of sp³-hybridized carbons (Fsp3) is 0.538. The molecule has 2 unspecified atom stereocenters. The quantitative estimate of drug-likeness (QED) is 0.458. The Morgan fingerprint density at radius 3 is 2.24 bits per heavy atom. The van der Waals surface area contributed by atoms with Crippen LogP contribution in [0.15, 0.2) is 18.2 Å². The lowest BCUT2D eigenvalue weighted by Gasteiger charge is -2.25. The molecule has 0 saturated heterocycles. The molecule has 1 aromatic rings. The summed E-state index contributed by atoms with van der Waals surface area (Å²) in [7, 11) is 0. The minimum atomic E-state index is -0.370. The molecule has 1 aromatic carbocycles. The highest BCUT2D eigenvalue weighted by atomic mass is 35.5. The Kier molecular flexibility index (Phi) is 4.52. The molecule has 1 rings (SSSR count). The van der Waals surface area contributed by atoms with Gasteiger partial charge in [0.1, 0.15) is 0 Å². The van der Waals surface area contributed by atoms with E-state index in [-0.39, 0.29) is 21.9 Å². The fourth-order valence-corrected chi connectivity index (χ4v) is 2.71. The molecule has 0 N–H and O–H groups in total. The molecule has 0 aromatic heterocycles. The number of nitro benzene ring substituents is 1. The van der Waals surface area contributed by atoms with Crippen molar-refractivity contribution in [2.45, 2.75) is 39.0 Å². The number of nitrogens with zero attached hydrogens (tertiary/aromatic N) is 1. The third-order valence-electron chi connectivity index (χ3n) is 3.04. The number of nitro groups is 1. The second-order valence-corrected chi connectivity index (χ2v) is 5.43. The number of hydrogen-bond acceptors (Lipinski definition) is 2. The number of benzene rings is 1. The van der Waals surface area contributed by atoms with Crippen molar-refractivity contribution in [2.75, 3.05) is 0 Å². The van der Waals surface area contributed by atoms with Gasteiger partial charge in [0, 0.05) is 23.4 Å². The highest BCUT2D eigenvalue weighted by Crippen LogP contribution is 2.34. The van der Waals surface area contributed by atoms with E-state index in [1.165, 1.54) is 0 Å². The smallest absolute Gasteiger partial charge is 0.258 e. The summed E-state index contributed by atoms with van der Waals surface area (Å²) < 4.78 is 0. The second-order valence-electron chi connectivity index (χ2n) is 4.75. The molecular formula is C13H18ClNO2. The third-order valence-corrected chi connectivity index (χ3v) is 3.31. The zero-order chi connectivity index (χ0) is 13.2. The first-order valence-corrected chi connectivity index (χ1v) is 6.17. The van der Waals surface area contributed by atoms with Crippen molar-refractivity contribution in [3.63, 3.8) is 0 Å². The van der Waals surface area contributed by atoms with Gasteiger partial charge in [-0.2, -0.15) is 0 Å². The molecule has 0 saturated carbocycles. The van der Waals surface area contributed by atoms with Crippen molar-refractivity contribution in [3.8, 4) is 0 Å². The molecule has 0 heterocycles. The summed E-state index contributed by atoms with van der Waals surface area (Å²) in [6.45, 7) is 8.10. The molecule has 2 atom stereocenters. The van der Waals surface area contributed by atoms with Crippen molar-refractivity contribution in [1.29, 1.82) is 0 Å². The van der Waals surface area contributed by atoms with Gasteiger partial charge < -0.3 is 0 Å². The van der Waals surface area contributed by atoms with Crippen LogP contribution in [0.5, 0.6) is 0 Å². The van der Waals surface area contributed by atoms with E-state index in [0.29, 0.717) is 5.92 Å². The summed E-state index contributed by atoms with van der Waals surface area (Å²) in [5.41, 5.74) is 2.18. The Balaban J connectivity index is 3.18. The summed E-state index contributed by atoms with van der Waals surface area (Å²) in [4.78, 5) is 10.3. The number of non-ortho nitro benzene ring substituents is 1. The van der Waals surface area contributed by atoms with E-state index in [4.69, 9.17) is 11.6 Å². The molecular weight excluding hydrogens is 238 g/mol. The Morgan fingerprint density at radius 2 is 1.88 bits per heavy atom. The molecule has 94 valence electrons. The first kappa shape index (κ1) is 14.0. The average Bonchev–Trinajstić information content (AvgIpc) is 2.19. The van der Waals surface area contributed by atoms with Crippen molar-refractivity contribution in [3.05, 3.63) is 39.4 Å². The van der Waals surface area contributed by atoms with Crippen LogP contribution < -0.4 is 0 Å². The zero-order valence-electron chi connectivity index (χ0n) is 10.6. The first-order valence-electron chi connectivity index (χ1n) is 5.73. The van der Waals surface area contributed by atoms with Gasteiger partial charge in [-0.15, -0.1) is 11.6 Å². The number of rotatable bonds is 4. The Bertz CT molecular complexity index is 408. The summed E-state index contributed by atoms with van der Waals surface area (Å²) >= 11 is 6.21. The fourth-order valence-electron chi connectivity index (χ4n) is 2.28. The number of hydrogen-bond donors (Lipinski definition) is 0. The number of aryl methyl sites for hydroxylation is 1. The summed E-state index contributed by atoms with van der Waals surface area (Å²) in [5, 5.41) is 10.7. The van der Waals surface area contributed by atoms with Crippen molar-refractivity contribution in [1.82, 2.24) is 0 Å². The van der Waals surface area contributed by atoms with Gasteiger partial charge in [-0.05, 0) is 30.9 Å². The van der Waals surface area contributed by atoms with Crippen molar-refractivity contribution >= 4 is 17.3 Å². The lowest BCUT2D eigenvalue weighted by molar-refractivity contribution is -0.384. The van der Waals surface area contributed by atoms with Crippen LogP contribution in [0.1, 0.15) is 37.8 Å². The molecule has 17 heavy (non-hydrogen) atoms. The van der Waals surface area contributed by atoms with Crippen LogP contribution in [-0.2, 0) is 0 Å². The average molecular weight is 256 g/mol. The minimum absolute atomic E-state index is 0.00940. The van der Waals surface area contributed by atoms with Crippen molar-refractivity contribution < 1.29 is 4.92 Å². The van der Waals surface area contributed by atoms with Gasteiger partial charge in [-0.1, -0.05) is 19.9 Å². The lowest BCUT2D eigenvalue weighted by atomic mass is 9.83. The van der Waals surface area contributed by atoms with E-state index >= 15 is 0 Å². The van der Waals surface area contributed by atoms with E-state index in [2.05, 4.69) is 13.8 Å². The standard InChI is InChI=1S/C13H18ClNO2/c1-8(2)13(10(4)14)12-6-5-11(15(16)17)7-9(12)3/h5-8,10,13H,1-4H3.